The summed E-state index contributed by atoms with van der Waals surface area (Å²) in [5, 5.41) is 0.991. The molecule has 0 atom stereocenters. The molecule has 2 aliphatic rings. The van der Waals surface area contributed by atoms with E-state index in [0.717, 1.165) is 16.6 Å². The molecule has 3 heterocycles. The van der Waals surface area contributed by atoms with Crippen LogP contribution in [0.2, 0.25) is 0 Å². The number of rotatable bonds is 4. The van der Waals surface area contributed by atoms with Gasteiger partial charge in [0.15, 0.2) is 0 Å². The van der Waals surface area contributed by atoms with Gasteiger partial charge < -0.3 is 14.2 Å². The molecule has 0 aliphatic carbocycles. The fraction of sp³-hybridized carbons (Fsp3) is 0.409. The molecule has 0 spiro atoms. The standard InChI is InChI=1S/C22H25N3O3S2/c1-14(2)13-25-21(27)18(30-22(25)29)12-16-19(24-8-10-28-11-9-24)15-6-4-5-7-17(15)23(3)20(16)26/h4-7,12,14H,8-11,13H2,1-3H3. The molecule has 0 unspecified atom stereocenters. The first-order valence-corrected chi connectivity index (χ1v) is 11.3. The van der Waals surface area contributed by atoms with Gasteiger partial charge in [0.1, 0.15) is 4.32 Å². The number of thioether (sulfide) groups is 1. The van der Waals surface area contributed by atoms with E-state index >= 15 is 0 Å². The van der Waals surface area contributed by atoms with Crippen LogP contribution < -0.4 is 10.5 Å². The predicted molar refractivity (Wildman–Crippen MR) is 127 cm³/mol. The highest BCUT2D eigenvalue weighted by Crippen LogP contribution is 2.36. The molecule has 0 bridgehead atoms. The van der Waals surface area contributed by atoms with E-state index < -0.39 is 0 Å². The zero-order valence-corrected chi connectivity index (χ0v) is 19.0. The maximum Gasteiger partial charge on any atom is 0.266 e. The van der Waals surface area contributed by atoms with Gasteiger partial charge in [-0.15, -0.1) is 0 Å². The number of benzene rings is 1. The molecule has 1 aromatic carbocycles. The minimum atomic E-state index is -0.123. The van der Waals surface area contributed by atoms with Crippen LogP contribution in [0.4, 0.5) is 5.69 Å². The SMILES string of the molecule is CC(C)CN1C(=O)C(=Cc2c(N3CCOCC3)c3ccccc3n(C)c2=O)SC1=S. The number of hydrogen-bond acceptors (Lipinski definition) is 6. The van der Waals surface area contributed by atoms with Gasteiger partial charge in [0.05, 0.1) is 34.9 Å². The smallest absolute Gasteiger partial charge is 0.266 e. The van der Waals surface area contributed by atoms with Crippen molar-refractivity contribution in [1.29, 1.82) is 0 Å². The first-order chi connectivity index (χ1) is 14.4. The zero-order valence-electron chi connectivity index (χ0n) is 17.4. The average Bonchev–Trinajstić information content (AvgIpc) is 2.99. The van der Waals surface area contributed by atoms with Crippen molar-refractivity contribution in [3.05, 3.63) is 45.1 Å². The maximum atomic E-state index is 13.4. The van der Waals surface area contributed by atoms with Gasteiger partial charge in [0, 0.05) is 32.1 Å². The lowest BCUT2D eigenvalue weighted by molar-refractivity contribution is -0.122. The Morgan fingerprint density at radius 1 is 1.20 bits per heavy atom. The molecule has 0 saturated carbocycles. The van der Waals surface area contributed by atoms with Crippen LogP contribution in [0.25, 0.3) is 17.0 Å². The Kier molecular flexibility index (Phi) is 5.99. The second-order valence-electron chi connectivity index (χ2n) is 7.93. The molecule has 8 heteroatoms. The van der Waals surface area contributed by atoms with Crippen LogP contribution in [-0.4, -0.2) is 52.5 Å². The first-order valence-electron chi connectivity index (χ1n) is 10.1. The molecule has 2 saturated heterocycles. The maximum absolute atomic E-state index is 13.4. The number of pyridine rings is 1. The Morgan fingerprint density at radius 2 is 1.90 bits per heavy atom. The molecule has 2 aliphatic heterocycles. The average molecular weight is 444 g/mol. The van der Waals surface area contributed by atoms with E-state index in [9.17, 15) is 9.59 Å². The first kappa shape index (κ1) is 21.1. The van der Waals surface area contributed by atoms with Crippen LogP contribution in [0, 0.1) is 5.92 Å². The van der Waals surface area contributed by atoms with Crippen molar-refractivity contribution in [2.45, 2.75) is 13.8 Å². The summed E-state index contributed by atoms with van der Waals surface area (Å²) < 4.78 is 7.72. The van der Waals surface area contributed by atoms with Crippen molar-refractivity contribution < 1.29 is 9.53 Å². The topological polar surface area (TPSA) is 54.8 Å². The highest BCUT2D eigenvalue weighted by atomic mass is 32.2. The van der Waals surface area contributed by atoms with E-state index in [-0.39, 0.29) is 11.5 Å². The van der Waals surface area contributed by atoms with E-state index in [2.05, 4.69) is 18.7 Å². The second-order valence-corrected chi connectivity index (χ2v) is 9.60. The van der Waals surface area contributed by atoms with E-state index in [1.165, 1.54) is 11.8 Å². The summed E-state index contributed by atoms with van der Waals surface area (Å²) in [5.74, 6) is 0.186. The van der Waals surface area contributed by atoms with Crippen LogP contribution >= 0.6 is 24.0 Å². The van der Waals surface area contributed by atoms with Gasteiger partial charge in [-0.3, -0.25) is 14.5 Å². The molecule has 1 amide bonds. The third-order valence-corrected chi connectivity index (χ3v) is 6.71. The normalized spacial score (nSPS) is 19.0. The number of aryl methyl sites for hydroxylation is 1. The number of thiocarbonyl (C=S) groups is 1. The quantitative estimate of drug-likeness (QED) is 0.534. The van der Waals surface area contributed by atoms with Gasteiger partial charge in [-0.1, -0.05) is 56.0 Å². The van der Waals surface area contributed by atoms with Crippen LogP contribution in [0.1, 0.15) is 19.4 Å². The van der Waals surface area contributed by atoms with Crippen molar-refractivity contribution in [3.63, 3.8) is 0 Å². The van der Waals surface area contributed by atoms with E-state index in [0.29, 0.717) is 53.6 Å². The lowest BCUT2D eigenvalue weighted by atomic mass is 10.1. The summed E-state index contributed by atoms with van der Waals surface area (Å²) in [5.41, 5.74) is 2.15. The lowest BCUT2D eigenvalue weighted by Gasteiger charge is -2.31. The summed E-state index contributed by atoms with van der Waals surface area (Å²) in [6.45, 7) is 7.31. The largest absolute Gasteiger partial charge is 0.378 e. The molecule has 30 heavy (non-hydrogen) atoms. The molecule has 158 valence electrons. The van der Waals surface area contributed by atoms with Gasteiger partial charge in [-0.25, -0.2) is 0 Å². The van der Waals surface area contributed by atoms with E-state index in [1.54, 1.807) is 22.6 Å². The van der Waals surface area contributed by atoms with Gasteiger partial charge in [-0.05, 0) is 18.1 Å². The fourth-order valence-corrected chi connectivity index (χ4v) is 5.17. The number of nitrogens with zero attached hydrogens (tertiary/aromatic N) is 3. The highest BCUT2D eigenvalue weighted by molar-refractivity contribution is 8.26. The molecule has 2 fully saturated rings. The minimum Gasteiger partial charge on any atom is -0.378 e. The van der Waals surface area contributed by atoms with Crippen molar-refractivity contribution in [1.82, 2.24) is 9.47 Å². The third kappa shape index (κ3) is 3.79. The van der Waals surface area contributed by atoms with Crippen LogP contribution in [0.5, 0.6) is 0 Å². The van der Waals surface area contributed by atoms with E-state index in [1.807, 2.05) is 24.3 Å². The van der Waals surface area contributed by atoms with Crippen molar-refractivity contribution in [2.75, 3.05) is 37.7 Å². The number of amides is 1. The van der Waals surface area contributed by atoms with Crippen LogP contribution in [-0.2, 0) is 16.6 Å². The molecule has 0 radical (unpaired) electrons. The van der Waals surface area contributed by atoms with Gasteiger partial charge in [0.25, 0.3) is 11.5 Å². The highest BCUT2D eigenvalue weighted by Gasteiger charge is 2.33. The third-order valence-electron chi connectivity index (χ3n) is 5.33. The Balaban J connectivity index is 1.89. The molecule has 4 rings (SSSR count). The number of hydrogen-bond donors (Lipinski definition) is 0. The van der Waals surface area contributed by atoms with Crippen LogP contribution in [0.15, 0.2) is 34.0 Å². The monoisotopic (exact) mass is 443 g/mol. The number of ether oxygens (including phenoxy) is 1. The Hall–Kier alpha value is -2.16. The van der Waals surface area contributed by atoms with Crippen LogP contribution in [0.3, 0.4) is 0 Å². The van der Waals surface area contributed by atoms with Crippen molar-refractivity contribution >= 4 is 56.9 Å². The molecule has 0 N–H and O–H groups in total. The Bertz CT molecular complexity index is 1100. The molecular formula is C22H25N3O3S2. The second kappa shape index (κ2) is 8.53. The number of carbonyl (C=O) groups is 1. The molecule has 1 aromatic heterocycles. The summed E-state index contributed by atoms with van der Waals surface area (Å²) in [7, 11) is 1.77. The predicted octanol–water partition coefficient (Wildman–Crippen LogP) is 3.23. The fourth-order valence-electron chi connectivity index (χ4n) is 3.91. The molecule has 2 aromatic rings. The van der Waals surface area contributed by atoms with Gasteiger partial charge in [0.2, 0.25) is 0 Å². The number of fused-ring (bicyclic) bond motifs is 1. The Labute approximate surface area is 185 Å². The van der Waals surface area contributed by atoms with Gasteiger partial charge in [-0.2, -0.15) is 0 Å². The summed E-state index contributed by atoms with van der Waals surface area (Å²) in [4.78, 5) is 30.7. The number of morpholine rings is 1. The molecular weight excluding hydrogens is 418 g/mol. The van der Waals surface area contributed by atoms with Gasteiger partial charge >= 0.3 is 0 Å². The summed E-state index contributed by atoms with van der Waals surface area (Å²) >= 11 is 6.71. The lowest BCUT2D eigenvalue weighted by Crippen LogP contribution is -2.38. The number of aromatic nitrogens is 1. The Morgan fingerprint density at radius 3 is 2.60 bits per heavy atom. The van der Waals surface area contributed by atoms with Crippen molar-refractivity contribution in [3.8, 4) is 0 Å². The number of carbonyl (C=O) groups excluding carboxylic acids is 1. The number of anilines is 1. The zero-order chi connectivity index (χ0) is 21.4. The number of para-hydroxylation sites is 1. The summed E-state index contributed by atoms with van der Waals surface area (Å²) in [6, 6.07) is 7.89. The van der Waals surface area contributed by atoms with Crippen molar-refractivity contribution in [2.24, 2.45) is 13.0 Å². The summed E-state index contributed by atoms with van der Waals surface area (Å²) in [6.07, 6.45) is 1.74. The molecule has 6 nitrogen and oxygen atoms in total. The minimum absolute atomic E-state index is 0.121. The van der Waals surface area contributed by atoms with E-state index in [4.69, 9.17) is 17.0 Å².